The maximum absolute atomic E-state index is 11.7. The number of nitrogens with zero attached hydrogens (tertiary/aromatic N) is 1. The minimum Gasteiger partial charge on any atom is -0.394 e. The first-order valence-corrected chi connectivity index (χ1v) is 6.28. The number of amides is 2. The lowest BCUT2D eigenvalue weighted by Crippen LogP contribution is -2.44. The normalized spacial score (nSPS) is 13.2. The molecule has 1 rings (SSSR count). The SMILES string of the molecule is CC[C@@H](CO)NC(=O)NC(C)c1ccc(C#N)cc1. The van der Waals surface area contributed by atoms with E-state index in [1.807, 2.05) is 32.0 Å². The molecule has 2 atom stereocenters. The monoisotopic (exact) mass is 261 g/mol. The molecule has 0 fully saturated rings. The fourth-order valence-electron chi connectivity index (χ4n) is 1.63. The zero-order valence-corrected chi connectivity index (χ0v) is 11.2. The molecule has 1 unspecified atom stereocenters. The van der Waals surface area contributed by atoms with Crippen LogP contribution in [0.25, 0.3) is 0 Å². The van der Waals surface area contributed by atoms with Gasteiger partial charge in [0, 0.05) is 0 Å². The van der Waals surface area contributed by atoms with E-state index in [0.717, 1.165) is 5.56 Å². The average molecular weight is 261 g/mol. The molecule has 0 saturated carbocycles. The molecule has 0 aliphatic carbocycles. The lowest BCUT2D eigenvalue weighted by Gasteiger charge is -2.18. The van der Waals surface area contributed by atoms with Crippen LogP contribution < -0.4 is 10.6 Å². The number of benzene rings is 1. The number of aliphatic hydroxyl groups is 1. The highest BCUT2D eigenvalue weighted by Crippen LogP contribution is 2.12. The van der Waals surface area contributed by atoms with Gasteiger partial charge in [-0.2, -0.15) is 5.26 Å². The van der Waals surface area contributed by atoms with Crippen molar-refractivity contribution in [2.45, 2.75) is 32.4 Å². The summed E-state index contributed by atoms with van der Waals surface area (Å²) in [4.78, 5) is 11.7. The van der Waals surface area contributed by atoms with Crippen LogP contribution in [0.3, 0.4) is 0 Å². The Bertz CT molecular complexity index is 447. The van der Waals surface area contributed by atoms with Crippen LogP contribution in [-0.4, -0.2) is 23.8 Å². The van der Waals surface area contributed by atoms with E-state index in [4.69, 9.17) is 10.4 Å². The maximum atomic E-state index is 11.7. The summed E-state index contributed by atoms with van der Waals surface area (Å²) in [5.74, 6) is 0. The summed E-state index contributed by atoms with van der Waals surface area (Å²) < 4.78 is 0. The van der Waals surface area contributed by atoms with Crippen molar-refractivity contribution in [3.63, 3.8) is 0 Å². The smallest absolute Gasteiger partial charge is 0.315 e. The molecule has 0 bridgehead atoms. The second-order valence-electron chi connectivity index (χ2n) is 4.36. The number of carbonyl (C=O) groups excluding carboxylic acids is 1. The number of nitrogens with one attached hydrogen (secondary N) is 2. The van der Waals surface area contributed by atoms with Crippen LogP contribution in [-0.2, 0) is 0 Å². The van der Waals surface area contributed by atoms with Gasteiger partial charge in [0.05, 0.1) is 30.3 Å². The van der Waals surface area contributed by atoms with Crippen molar-refractivity contribution in [2.24, 2.45) is 0 Å². The Labute approximate surface area is 113 Å². The van der Waals surface area contributed by atoms with Crippen molar-refractivity contribution in [2.75, 3.05) is 6.61 Å². The molecule has 0 radical (unpaired) electrons. The zero-order valence-electron chi connectivity index (χ0n) is 11.2. The summed E-state index contributed by atoms with van der Waals surface area (Å²) in [6.45, 7) is 3.68. The molecule has 0 aromatic heterocycles. The summed E-state index contributed by atoms with van der Waals surface area (Å²) in [5.41, 5.74) is 1.51. The van der Waals surface area contributed by atoms with Gasteiger partial charge in [0.2, 0.25) is 0 Å². The Morgan fingerprint density at radius 3 is 2.47 bits per heavy atom. The van der Waals surface area contributed by atoms with Gasteiger partial charge in [0.1, 0.15) is 0 Å². The number of aliphatic hydroxyl groups excluding tert-OH is 1. The van der Waals surface area contributed by atoms with Crippen LogP contribution in [0.15, 0.2) is 24.3 Å². The van der Waals surface area contributed by atoms with E-state index < -0.39 is 0 Å². The number of hydrogen-bond acceptors (Lipinski definition) is 3. The molecule has 5 nitrogen and oxygen atoms in total. The fraction of sp³-hybridized carbons (Fsp3) is 0.429. The predicted octanol–water partition coefficient (Wildman–Crippen LogP) is 1.69. The molecular weight excluding hydrogens is 242 g/mol. The van der Waals surface area contributed by atoms with Gasteiger partial charge in [-0.25, -0.2) is 4.79 Å². The van der Waals surface area contributed by atoms with Crippen LogP contribution in [0.2, 0.25) is 0 Å². The minimum atomic E-state index is -0.308. The lowest BCUT2D eigenvalue weighted by molar-refractivity contribution is 0.212. The molecule has 5 heteroatoms. The van der Waals surface area contributed by atoms with Crippen molar-refractivity contribution >= 4 is 6.03 Å². The third-order valence-corrected chi connectivity index (χ3v) is 2.94. The van der Waals surface area contributed by atoms with Gasteiger partial charge in [-0.15, -0.1) is 0 Å². The minimum absolute atomic E-state index is 0.0742. The molecule has 102 valence electrons. The quantitative estimate of drug-likeness (QED) is 0.754. The molecule has 0 heterocycles. The Morgan fingerprint density at radius 2 is 2.00 bits per heavy atom. The van der Waals surface area contributed by atoms with Crippen molar-refractivity contribution in [3.05, 3.63) is 35.4 Å². The van der Waals surface area contributed by atoms with Gasteiger partial charge in [-0.1, -0.05) is 19.1 Å². The molecule has 0 aliphatic heterocycles. The third-order valence-electron chi connectivity index (χ3n) is 2.94. The second-order valence-corrected chi connectivity index (χ2v) is 4.36. The van der Waals surface area contributed by atoms with Crippen LogP contribution in [0.4, 0.5) is 4.79 Å². The van der Waals surface area contributed by atoms with Gasteiger partial charge >= 0.3 is 6.03 Å². The highest BCUT2D eigenvalue weighted by atomic mass is 16.3. The molecule has 1 aromatic rings. The van der Waals surface area contributed by atoms with Gasteiger partial charge in [0.15, 0.2) is 0 Å². The summed E-state index contributed by atoms with van der Waals surface area (Å²) in [6, 6.07) is 8.41. The van der Waals surface area contributed by atoms with E-state index in [1.165, 1.54) is 0 Å². The number of nitriles is 1. The largest absolute Gasteiger partial charge is 0.394 e. The van der Waals surface area contributed by atoms with Gasteiger partial charge < -0.3 is 15.7 Å². The predicted molar refractivity (Wildman–Crippen MR) is 72.4 cm³/mol. The van der Waals surface area contributed by atoms with Crippen LogP contribution >= 0.6 is 0 Å². The third kappa shape index (κ3) is 4.60. The summed E-state index contributed by atoms with van der Waals surface area (Å²) in [5, 5.41) is 23.2. The molecular formula is C14H19N3O2. The van der Waals surface area contributed by atoms with Crippen molar-refractivity contribution in [3.8, 4) is 6.07 Å². The molecule has 0 saturated heterocycles. The Morgan fingerprint density at radius 1 is 1.37 bits per heavy atom. The van der Waals surface area contributed by atoms with E-state index in [0.29, 0.717) is 12.0 Å². The van der Waals surface area contributed by atoms with Crippen LogP contribution in [0, 0.1) is 11.3 Å². The standard InChI is InChI=1S/C14H19N3O2/c1-3-13(9-18)17-14(19)16-10(2)12-6-4-11(8-15)5-7-12/h4-7,10,13,18H,3,9H2,1-2H3,(H2,16,17,19)/t10?,13-/m0/s1. The summed E-state index contributed by atoms with van der Waals surface area (Å²) in [6.07, 6.45) is 0.676. The van der Waals surface area contributed by atoms with E-state index in [2.05, 4.69) is 10.6 Å². The van der Waals surface area contributed by atoms with Crippen molar-refractivity contribution < 1.29 is 9.90 Å². The number of urea groups is 1. The van der Waals surface area contributed by atoms with Gasteiger partial charge in [0.25, 0.3) is 0 Å². The number of rotatable bonds is 5. The molecule has 0 aliphatic rings. The molecule has 19 heavy (non-hydrogen) atoms. The van der Waals surface area contributed by atoms with Gasteiger partial charge in [-0.05, 0) is 31.0 Å². The first-order valence-electron chi connectivity index (χ1n) is 6.28. The summed E-state index contributed by atoms with van der Waals surface area (Å²) in [7, 11) is 0. The second kappa shape index (κ2) is 7.39. The first-order chi connectivity index (χ1) is 9.10. The van der Waals surface area contributed by atoms with Crippen molar-refractivity contribution in [1.29, 1.82) is 5.26 Å². The van der Waals surface area contributed by atoms with E-state index >= 15 is 0 Å². The zero-order chi connectivity index (χ0) is 14.3. The fourth-order valence-corrected chi connectivity index (χ4v) is 1.63. The molecule has 3 N–H and O–H groups in total. The first kappa shape index (κ1) is 15.0. The van der Waals surface area contributed by atoms with E-state index in [1.54, 1.807) is 12.1 Å². The molecule has 0 spiro atoms. The average Bonchev–Trinajstić information content (AvgIpc) is 2.44. The number of hydrogen-bond donors (Lipinski definition) is 3. The van der Waals surface area contributed by atoms with Gasteiger partial charge in [-0.3, -0.25) is 0 Å². The Kier molecular flexibility index (Phi) is 5.83. The maximum Gasteiger partial charge on any atom is 0.315 e. The highest BCUT2D eigenvalue weighted by Gasteiger charge is 2.12. The van der Waals surface area contributed by atoms with E-state index in [-0.39, 0.29) is 24.7 Å². The Hall–Kier alpha value is -2.06. The van der Waals surface area contributed by atoms with E-state index in [9.17, 15) is 4.79 Å². The van der Waals surface area contributed by atoms with Crippen molar-refractivity contribution in [1.82, 2.24) is 10.6 Å². The Balaban J connectivity index is 2.56. The highest BCUT2D eigenvalue weighted by molar-refractivity contribution is 5.74. The van der Waals surface area contributed by atoms with Crippen LogP contribution in [0.5, 0.6) is 0 Å². The molecule has 2 amide bonds. The molecule has 1 aromatic carbocycles. The summed E-state index contributed by atoms with van der Waals surface area (Å²) >= 11 is 0. The topological polar surface area (TPSA) is 85.2 Å². The number of carbonyl (C=O) groups is 1. The lowest BCUT2D eigenvalue weighted by atomic mass is 10.1. The van der Waals surface area contributed by atoms with Crippen LogP contribution in [0.1, 0.15) is 37.4 Å².